The van der Waals surface area contributed by atoms with Crippen molar-refractivity contribution in [1.29, 1.82) is 5.26 Å². The Hall–Kier alpha value is -1.57. The smallest absolute Gasteiger partial charge is 0.119 e. The SMILES string of the molecule is CCC(CC)C(C)NCC(O)COc1ccc(C#N)cc1. The summed E-state index contributed by atoms with van der Waals surface area (Å²) in [4.78, 5) is 0. The van der Waals surface area contributed by atoms with Crippen LogP contribution in [0.25, 0.3) is 0 Å². The number of ether oxygens (including phenoxy) is 1. The van der Waals surface area contributed by atoms with Gasteiger partial charge in [0.25, 0.3) is 0 Å². The summed E-state index contributed by atoms with van der Waals surface area (Å²) in [5.41, 5.74) is 0.601. The first kappa shape index (κ1) is 17.5. The molecule has 2 atom stereocenters. The molecule has 0 fully saturated rings. The quantitative estimate of drug-likeness (QED) is 0.734. The van der Waals surface area contributed by atoms with Crippen LogP contribution < -0.4 is 10.1 Å². The fraction of sp³-hybridized carbons (Fsp3) is 0.588. The van der Waals surface area contributed by atoms with Gasteiger partial charge in [-0.05, 0) is 37.1 Å². The predicted molar refractivity (Wildman–Crippen MR) is 84.2 cm³/mol. The van der Waals surface area contributed by atoms with Crippen molar-refractivity contribution in [2.24, 2.45) is 5.92 Å². The standard InChI is InChI=1S/C17H26N2O2/c1-4-15(5-2)13(3)19-11-16(20)12-21-17-8-6-14(10-18)7-9-17/h6-9,13,15-16,19-20H,4-5,11-12H2,1-3H3. The fourth-order valence-electron chi connectivity index (χ4n) is 2.36. The molecule has 0 heterocycles. The van der Waals surface area contributed by atoms with Crippen LogP contribution in [-0.4, -0.2) is 30.4 Å². The van der Waals surface area contributed by atoms with Gasteiger partial charge in [0.15, 0.2) is 0 Å². The Bertz CT molecular complexity index is 435. The number of hydrogen-bond donors (Lipinski definition) is 2. The highest BCUT2D eigenvalue weighted by Crippen LogP contribution is 2.13. The molecule has 4 heteroatoms. The lowest BCUT2D eigenvalue weighted by Crippen LogP contribution is -2.40. The molecular weight excluding hydrogens is 264 g/mol. The zero-order chi connectivity index (χ0) is 15.7. The lowest BCUT2D eigenvalue weighted by atomic mass is 9.95. The first-order chi connectivity index (χ1) is 10.1. The monoisotopic (exact) mass is 290 g/mol. The maximum atomic E-state index is 9.95. The number of hydrogen-bond acceptors (Lipinski definition) is 4. The average Bonchev–Trinajstić information content (AvgIpc) is 2.52. The van der Waals surface area contributed by atoms with Crippen LogP contribution in [0.2, 0.25) is 0 Å². The Morgan fingerprint density at radius 1 is 1.24 bits per heavy atom. The van der Waals surface area contributed by atoms with Gasteiger partial charge in [-0.1, -0.05) is 26.7 Å². The molecule has 0 aliphatic heterocycles. The minimum absolute atomic E-state index is 0.245. The Morgan fingerprint density at radius 3 is 2.38 bits per heavy atom. The number of nitrogens with one attached hydrogen (secondary N) is 1. The summed E-state index contributed by atoms with van der Waals surface area (Å²) in [6.07, 6.45) is 1.74. The molecule has 0 radical (unpaired) electrons. The van der Waals surface area contributed by atoms with Gasteiger partial charge in [-0.3, -0.25) is 0 Å². The molecule has 1 aromatic rings. The van der Waals surface area contributed by atoms with Crippen LogP contribution in [0.4, 0.5) is 0 Å². The van der Waals surface area contributed by atoms with Crippen molar-refractivity contribution in [3.63, 3.8) is 0 Å². The largest absolute Gasteiger partial charge is 0.491 e. The third kappa shape index (κ3) is 6.16. The highest BCUT2D eigenvalue weighted by molar-refractivity contribution is 5.34. The lowest BCUT2D eigenvalue weighted by Gasteiger charge is -2.24. The van der Waals surface area contributed by atoms with Gasteiger partial charge in [0.05, 0.1) is 11.6 Å². The van der Waals surface area contributed by atoms with E-state index in [1.54, 1.807) is 24.3 Å². The Kier molecular flexibility index (Phi) is 7.81. The first-order valence-corrected chi connectivity index (χ1v) is 7.65. The molecule has 0 aliphatic rings. The summed E-state index contributed by atoms with van der Waals surface area (Å²) in [5.74, 6) is 1.30. The van der Waals surface area contributed by atoms with Crippen molar-refractivity contribution in [2.45, 2.75) is 45.8 Å². The molecule has 2 unspecified atom stereocenters. The van der Waals surface area contributed by atoms with Gasteiger partial charge in [0.2, 0.25) is 0 Å². The Labute approximate surface area is 127 Å². The molecule has 21 heavy (non-hydrogen) atoms. The fourth-order valence-corrected chi connectivity index (χ4v) is 2.36. The number of rotatable bonds is 9. The maximum Gasteiger partial charge on any atom is 0.119 e. The molecule has 0 saturated carbocycles. The van der Waals surface area contributed by atoms with Crippen molar-refractivity contribution in [1.82, 2.24) is 5.32 Å². The maximum absolute atomic E-state index is 9.95. The highest BCUT2D eigenvalue weighted by atomic mass is 16.5. The second-order valence-corrected chi connectivity index (χ2v) is 5.37. The number of benzene rings is 1. The Morgan fingerprint density at radius 2 is 1.86 bits per heavy atom. The number of aliphatic hydroxyl groups excluding tert-OH is 1. The van der Waals surface area contributed by atoms with E-state index in [9.17, 15) is 5.11 Å². The van der Waals surface area contributed by atoms with E-state index in [2.05, 4.69) is 32.2 Å². The minimum atomic E-state index is -0.544. The van der Waals surface area contributed by atoms with Crippen LogP contribution in [0.5, 0.6) is 5.75 Å². The van der Waals surface area contributed by atoms with Crippen LogP contribution in [0, 0.1) is 17.2 Å². The minimum Gasteiger partial charge on any atom is -0.491 e. The van der Waals surface area contributed by atoms with E-state index in [4.69, 9.17) is 10.00 Å². The summed E-state index contributed by atoms with van der Waals surface area (Å²) in [5, 5.41) is 22.0. The topological polar surface area (TPSA) is 65.3 Å². The molecule has 2 N–H and O–H groups in total. The molecule has 116 valence electrons. The second-order valence-electron chi connectivity index (χ2n) is 5.37. The van der Waals surface area contributed by atoms with Crippen molar-refractivity contribution >= 4 is 0 Å². The third-order valence-electron chi connectivity index (χ3n) is 3.86. The van der Waals surface area contributed by atoms with E-state index >= 15 is 0 Å². The molecule has 1 aromatic carbocycles. The molecule has 0 bridgehead atoms. The van der Waals surface area contributed by atoms with Crippen LogP contribution in [0.15, 0.2) is 24.3 Å². The van der Waals surface area contributed by atoms with Crippen molar-refractivity contribution in [3.05, 3.63) is 29.8 Å². The van der Waals surface area contributed by atoms with Crippen molar-refractivity contribution in [3.8, 4) is 11.8 Å². The number of aliphatic hydroxyl groups is 1. The molecule has 0 spiro atoms. The third-order valence-corrected chi connectivity index (χ3v) is 3.86. The lowest BCUT2D eigenvalue weighted by molar-refractivity contribution is 0.101. The van der Waals surface area contributed by atoms with Crippen LogP contribution >= 0.6 is 0 Å². The van der Waals surface area contributed by atoms with Gasteiger partial charge in [0, 0.05) is 12.6 Å². The normalized spacial score (nSPS) is 13.7. The zero-order valence-corrected chi connectivity index (χ0v) is 13.2. The summed E-state index contributed by atoms with van der Waals surface area (Å²) in [7, 11) is 0. The average molecular weight is 290 g/mol. The molecule has 0 saturated heterocycles. The van der Waals surface area contributed by atoms with E-state index in [-0.39, 0.29) is 6.61 Å². The predicted octanol–water partition coefficient (Wildman–Crippen LogP) is 2.71. The van der Waals surface area contributed by atoms with Crippen LogP contribution in [-0.2, 0) is 0 Å². The van der Waals surface area contributed by atoms with Crippen LogP contribution in [0.3, 0.4) is 0 Å². The van der Waals surface area contributed by atoms with Crippen LogP contribution in [0.1, 0.15) is 39.2 Å². The van der Waals surface area contributed by atoms with E-state index < -0.39 is 6.10 Å². The van der Waals surface area contributed by atoms with E-state index in [0.29, 0.717) is 29.8 Å². The van der Waals surface area contributed by atoms with Gasteiger partial charge in [-0.15, -0.1) is 0 Å². The van der Waals surface area contributed by atoms with Crippen molar-refractivity contribution in [2.75, 3.05) is 13.2 Å². The zero-order valence-electron chi connectivity index (χ0n) is 13.2. The molecule has 4 nitrogen and oxygen atoms in total. The van der Waals surface area contributed by atoms with E-state index in [0.717, 1.165) is 12.8 Å². The highest BCUT2D eigenvalue weighted by Gasteiger charge is 2.14. The molecule has 0 aliphatic carbocycles. The summed E-state index contributed by atoms with van der Waals surface area (Å²) in [6, 6.07) is 9.34. The molecule has 0 aromatic heterocycles. The first-order valence-electron chi connectivity index (χ1n) is 7.65. The molecule has 1 rings (SSSR count). The molecular formula is C17H26N2O2. The van der Waals surface area contributed by atoms with E-state index in [1.807, 2.05) is 0 Å². The van der Waals surface area contributed by atoms with Gasteiger partial charge in [-0.25, -0.2) is 0 Å². The number of nitrogens with zero attached hydrogens (tertiary/aromatic N) is 1. The number of nitriles is 1. The summed E-state index contributed by atoms with van der Waals surface area (Å²) < 4.78 is 5.51. The second kappa shape index (κ2) is 9.38. The van der Waals surface area contributed by atoms with Gasteiger partial charge in [-0.2, -0.15) is 5.26 Å². The van der Waals surface area contributed by atoms with E-state index in [1.165, 1.54) is 0 Å². The summed E-state index contributed by atoms with van der Waals surface area (Å²) in [6.45, 7) is 7.31. The summed E-state index contributed by atoms with van der Waals surface area (Å²) >= 11 is 0. The Balaban J connectivity index is 2.30. The molecule has 0 amide bonds. The van der Waals surface area contributed by atoms with Crippen molar-refractivity contribution < 1.29 is 9.84 Å². The van der Waals surface area contributed by atoms with Gasteiger partial charge in [0.1, 0.15) is 18.5 Å². The van der Waals surface area contributed by atoms with Gasteiger partial charge >= 0.3 is 0 Å². The van der Waals surface area contributed by atoms with Gasteiger partial charge < -0.3 is 15.2 Å².